The fourth-order valence-corrected chi connectivity index (χ4v) is 13.3. The molecule has 0 amide bonds. The number of phenols is 1. The molecule has 557 valence electrons. The summed E-state index contributed by atoms with van der Waals surface area (Å²) in [5, 5.41) is 17.2. The standard InChI is InChI=1S/C48H36BrN3O.C42H32FN3.C6H5BrO.CH2O3.2K.V.W.H/c49-37-29-31-47(32-30-37)53-48-35-45(51(40-21-10-3-11-22-40)41-23-12-4-13-24-41)34-46(36-48)52(42-25-14-5-15-26-42)44-28-16-27-43(33-44)50(38-17-6-1-7-18-38)39-19-8-2-9-20-39;43-33-29-41(45(36-21-10-3-11-22-36)37-23-12-4-13-24-37)32-42(30-33)46(38-25-14-5-15-26-38)40-28-16-27-39(31-40)44(34-17-6-1-7-18-34)35-19-8-2-9-20-35;7-5-1-3-6(8)4-2-5;2-1-4-3;;;;;/h1-36H;1-32H;1-4,8H;1,3H;;;;;/q;;;;2*+1;;;-1/p-1. The van der Waals surface area contributed by atoms with Gasteiger partial charge in [-0.05, 0) is 231 Å². The third kappa shape index (κ3) is 24.7. The van der Waals surface area contributed by atoms with Crippen molar-refractivity contribution in [3.8, 4) is 17.2 Å². The molecule has 0 unspecified atom stereocenters. The van der Waals surface area contributed by atoms with E-state index in [4.69, 9.17) is 19.9 Å². The number of carbonyl (C=O) groups is 1. The Morgan fingerprint density at radius 3 is 0.670 bits per heavy atom. The molecule has 0 fully saturated rings. The smallest absolute Gasteiger partial charge is 1.00 e. The van der Waals surface area contributed by atoms with Gasteiger partial charge in [-0.25, -0.2) is 4.39 Å². The molecule has 0 aliphatic rings. The maximum absolute atomic E-state index is 15.8. The molecule has 18 heteroatoms. The van der Waals surface area contributed by atoms with Crippen molar-refractivity contribution in [3.63, 3.8) is 0 Å². The fourth-order valence-electron chi connectivity index (χ4n) is 12.8. The SMILES string of the molecule is Brc1ccc(Oc2cc(N(c3ccccc3)c3ccccc3)cc(N(c3ccccc3)c3cccc(N(c4ccccc4)c4ccccc4)c3)c2)cc1.Fc1cc(N(c2ccccc2)c2ccccc2)cc(N(c2ccccc2)c2cccc(N(c3ccccc3)c3ccccc3)c2)c1.O=CO[O-].Oc1ccc(Br)cc1.[H-].[K+].[K+].[V].[W]. The number of para-hydroxylation sites is 10. The van der Waals surface area contributed by atoms with Crippen LogP contribution in [0.4, 0.5) is 107 Å². The van der Waals surface area contributed by atoms with Crippen LogP contribution >= 0.6 is 31.9 Å². The minimum absolute atomic E-state index is 0. The van der Waals surface area contributed by atoms with Gasteiger partial charge in [0.25, 0.3) is 6.47 Å². The van der Waals surface area contributed by atoms with Gasteiger partial charge in [0.1, 0.15) is 23.1 Å². The van der Waals surface area contributed by atoms with Crippen LogP contribution in [0.15, 0.2) is 446 Å². The van der Waals surface area contributed by atoms with Crippen LogP contribution in [0.5, 0.6) is 17.2 Å². The predicted molar refractivity (Wildman–Crippen MR) is 459 cm³/mol. The monoisotopic (exact) mass is 1890 g/mol. The van der Waals surface area contributed by atoms with Crippen molar-refractivity contribution >= 4 is 141 Å². The zero-order valence-electron chi connectivity index (χ0n) is 63.9. The second kappa shape index (κ2) is 46.5. The van der Waals surface area contributed by atoms with Crippen molar-refractivity contribution in [1.29, 1.82) is 0 Å². The Hall–Kier alpha value is -9.21. The van der Waals surface area contributed by atoms with E-state index in [1.54, 1.807) is 36.4 Å². The number of phenolic OH excluding ortho intramolecular Hbond substituents is 1. The molecule has 115 heavy (non-hydrogen) atoms. The van der Waals surface area contributed by atoms with Crippen LogP contribution in [0, 0.1) is 5.82 Å². The Kier molecular flexibility index (Phi) is 36.3. The summed E-state index contributed by atoms with van der Waals surface area (Å²) in [6.07, 6.45) is 0. The largest absolute Gasteiger partial charge is 1.00 e. The van der Waals surface area contributed by atoms with Crippen molar-refractivity contribution < 1.29 is 173 Å². The summed E-state index contributed by atoms with van der Waals surface area (Å²) in [6, 6.07) is 147. The van der Waals surface area contributed by atoms with Gasteiger partial charge in [0.2, 0.25) is 0 Å². The molecule has 0 atom stereocenters. The summed E-state index contributed by atoms with van der Waals surface area (Å²) in [7, 11) is 0. The number of hydrogen-bond donors (Lipinski definition) is 1. The van der Waals surface area contributed by atoms with Crippen LogP contribution in [0.25, 0.3) is 0 Å². The zero-order chi connectivity index (χ0) is 76.4. The van der Waals surface area contributed by atoms with E-state index < -0.39 is 0 Å². The van der Waals surface area contributed by atoms with Crippen LogP contribution in [-0.4, -0.2) is 11.6 Å². The quantitative estimate of drug-likeness (QED) is 0.0322. The second-order valence-corrected chi connectivity index (χ2v) is 26.8. The van der Waals surface area contributed by atoms with E-state index >= 15 is 4.39 Å². The first-order chi connectivity index (χ1) is 54.6. The van der Waals surface area contributed by atoms with E-state index in [1.807, 2.05) is 152 Å². The molecule has 1 N–H and O–H groups in total. The third-order valence-corrected chi connectivity index (χ3v) is 18.6. The maximum Gasteiger partial charge on any atom is 1.00 e. The first-order valence-corrected chi connectivity index (χ1v) is 37.3. The number of nitrogens with zero attached hydrogens (tertiary/aromatic N) is 6. The molecule has 11 nitrogen and oxygen atoms in total. The Balaban J connectivity index is 0.000000245. The minimum atomic E-state index is -0.323. The summed E-state index contributed by atoms with van der Waals surface area (Å²) >= 11 is 6.80. The second-order valence-electron chi connectivity index (χ2n) is 25.0. The van der Waals surface area contributed by atoms with Gasteiger partial charge in [-0.1, -0.05) is 226 Å². The molecule has 0 bridgehead atoms. The number of carbonyl (C=O) groups excluding carboxylic acids is 1. The Morgan fingerprint density at radius 1 is 0.270 bits per heavy atom. The van der Waals surface area contributed by atoms with E-state index in [-0.39, 0.29) is 156 Å². The van der Waals surface area contributed by atoms with Crippen molar-refractivity contribution in [2.45, 2.75) is 0 Å². The number of anilines is 18. The van der Waals surface area contributed by atoms with Crippen molar-refractivity contribution in [2.24, 2.45) is 0 Å². The maximum atomic E-state index is 15.8. The number of rotatable bonds is 21. The van der Waals surface area contributed by atoms with Gasteiger partial charge < -0.3 is 50.8 Å². The summed E-state index contributed by atoms with van der Waals surface area (Å²) in [5.74, 6) is 1.44. The van der Waals surface area contributed by atoms with Crippen molar-refractivity contribution in [1.82, 2.24) is 0 Å². The molecular formula is C97H75Br2FK2N6O5VW. The summed E-state index contributed by atoms with van der Waals surface area (Å²) < 4.78 is 24.4. The molecule has 0 aliphatic carbocycles. The average Bonchev–Trinajstić information content (AvgIpc) is 0.778. The minimum Gasteiger partial charge on any atom is -1.00 e. The van der Waals surface area contributed by atoms with Gasteiger partial charge in [-0.2, -0.15) is 0 Å². The molecule has 0 spiro atoms. The topological polar surface area (TPSA) is 98.3 Å². The van der Waals surface area contributed by atoms with Crippen LogP contribution in [0.3, 0.4) is 0 Å². The van der Waals surface area contributed by atoms with Crippen LogP contribution in [0.2, 0.25) is 0 Å². The molecule has 1 radical (unpaired) electrons. The first-order valence-electron chi connectivity index (χ1n) is 35.7. The van der Waals surface area contributed by atoms with Crippen molar-refractivity contribution in [2.75, 3.05) is 29.4 Å². The molecule has 16 rings (SSSR count). The molecule has 0 heterocycles. The van der Waals surface area contributed by atoms with Gasteiger partial charge in [-0.15, -0.1) is 0 Å². The van der Waals surface area contributed by atoms with E-state index in [1.165, 1.54) is 0 Å². The van der Waals surface area contributed by atoms with E-state index in [0.29, 0.717) is 17.2 Å². The Labute approximate surface area is 801 Å². The molecule has 0 aliphatic heterocycles. The van der Waals surface area contributed by atoms with E-state index in [9.17, 15) is 0 Å². The van der Waals surface area contributed by atoms with Gasteiger partial charge in [-0.3, -0.25) is 4.79 Å². The van der Waals surface area contributed by atoms with Crippen LogP contribution in [-0.2, 0) is 49.3 Å². The predicted octanol–water partition coefficient (Wildman–Crippen LogP) is 21.6. The zero-order valence-corrected chi connectivity index (χ0v) is 76.6. The van der Waals surface area contributed by atoms with Gasteiger partial charge in [0, 0.05) is 140 Å². The van der Waals surface area contributed by atoms with Crippen molar-refractivity contribution in [3.05, 3.63) is 452 Å². The summed E-state index contributed by atoms with van der Waals surface area (Å²) in [5.41, 5.74) is 17.4. The Bertz CT molecular complexity index is 5380. The van der Waals surface area contributed by atoms with Gasteiger partial charge in [0.05, 0.1) is 22.7 Å². The third-order valence-electron chi connectivity index (χ3n) is 17.5. The molecular weight excluding hydrogens is 1820 g/mol. The average molecular weight is 1900 g/mol. The van der Waals surface area contributed by atoms with Crippen LogP contribution in [0.1, 0.15) is 1.43 Å². The summed E-state index contributed by atoms with van der Waals surface area (Å²) in [4.78, 5) is 24.5. The number of halogens is 3. The van der Waals surface area contributed by atoms with Crippen LogP contribution < -0.4 is 142 Å². The molecule has 0 saturated heterocycles. The number of aromatic hydroxyl groups is 1. The Morgan fingerprint density at radius 2 is 0.452 bits per heavy atom. The fraction of sp³-hybridized carbons (Fsp3) is 0. The van der Waals surface area contributed by atoms with E-state index in [2.05, 4.69) is 315 Å². The van der Waals surface area contributed by atoms with E-state index in [0.717, 1.165) is 111 Å². The molecule has 16 aromatic carbocycles. The normalized spacial score (nSPS) is 10.1. The number of benzene rings is 16. The molecule has 0 aromatic heterocycles. The molecule has 0 saturated carbocycles. The number of hydrogen-bond acceptors (Lipinski definition) is 11. The first kappa shape index (κ1) is 89.7. The van der Waals surface area contributed by atoms with Gasteiger partial charge in [0.15, 0.2) is 0 Å². The van der Waals surface area contributed by atoms with Gasteiger partial charge >= 0.3 is 103 Å². The molecule has 16 aromatic rings. The number of ether oxygens (including phenoxy) is 1. The summed E-state index contributed by atoms with van der Waals surface area (Å²) in [6.45, 7) is -0.181.